The minimum Gasteiger partial charge on any atom is -0.462 e. The van der Waals surface area contributed by atoms with Crippen LogP contribution in [0, 0.1) is 23.7 Å². The number of esters is 4. The summed E-state index contributed by atoms with van der Waals surface area (Å²) in [5, 5.41) is 10.6. The zero-order valence-electron chi connectivity index (χ0n) is 59.5. The number of hydrogen-bond donors (Lipinski definition) is 3. The van der Waals surface area contributed by atoms with Crippen LogP contribution in [0.4, 0.5) is 0 Å². The molecule has 0 aliphatic heterocycles. The van der Waals surface area contributed by atoms with Crippen LogP contribution in [0.5, 0.6) is 0 Å². The second-order valence-electron chi connectivity index (χ2n) is 27.2. The van der Waals surface area contributed by atoms with Crippen molar-refractivity contribution in [1.82, 2.24) is 0 Å². The quantitative estimate of drug-likeness (QED) is 0.0222. The summed E-state index contributed by atoms with van der Waals surface area (Å²) in [6.45, 7) is 14.0. The fraction of sp³-hybridized carbons (Fsp3) is 0.944. The highest BCUT2D eigenvalue weighted by Gasteiger charge is 2.30. The first-order valence-electron chi connectivity index (χ1n) is 37.3. The van der Waals surface area contributed by atoms with Gasteiger partial charge in [-0.1, -0.05) is 306 Å². The summed E-state index contributed by atoms with van der Waals surface area (Å²) in [7, 11) is -9.90. The molecule has 91 heavy (non-hydrogen) atoms. The van der Waals surface area contributed by atoms with Crippen molar-refractivity contribution in [3.63, 3.8) is 0 Å². The molecule has 0 aromatic rings. The third-order valence-corrected chi connectivity index (χ3v) is 19.6. The van der Waals surface area contributed by atoms with E-state index < -0.39 is 97.5 Å². The average molecular weight is 1340 g/mol. The lowest BCUT2D eigenvalue weighted by Gasteiger charge is -2.21. The lowest BCUT2D eigenvalue weighted by molar-refractivity contribution is -0.161. The van der Waals surface area contributed by atoms with Crippen molar-refractivity contribution >= 4 is 39.5 Å². The van der Waals surface area contributed by atoms with Crippen LogP contribution in [-0.4, -0.2) is 96.7 Å². The van der Waals surface area contributed by atoms with Crippen molar-refractivity contribution < 1.29 is 80.2 Å². The van der Waals surface area contributed by atoms with Gasteiger partial charge in [0.25, 0.3) is 0 Å². The monoisotopic (exact) mass is 1340 g/mol. The molecule has 540 valence electrons. The fourth-order valence-corrected chi connectivity index (χ4v) is 12.3. The highest BCUT2D eigenvalue weighted by Crippen LogP contribution is 2.45. The van der Waals surface area contributed by atoms with Crippen LogP contribution in [0.25, 0.3) is 0 Å². The van der Waals surface area contributed by atoms with E-state index >= 15 is 0 Å². The second kappa shape index (κ2) is 61.6. The first-order valence-corrected chi connectivity index (χ1v) is 40.3. The molecule has 0 aromatic heterocycles. The number of unbranched alkanes of at least 4 members (excludes halogenated alkanes) is 32. The van der Waals surface area contributed by atoms with E-state index in [1.54, 1.807) is 0 Å². The molecule has 0 amide bonds. The van der Waals surface area contributed by atoms with Crippen LogP contribution in [-0.2, 0) is 65.4 Å². The molecule has 0 rings (SSSR count). The van der Waals surface area contributed by atoms with Crippen LogP contribution in [0.2, 0.25) is 0 Å². The van der Waals surface area contributed by atoms with Gasteiger partial charge in [0.05, 0.1) is 26.4 Å². The van der Waals surface area contributed by atoms with Gasteiger partial charge in [-0.2, -0.15) is 0 Å². The van der Waals surface area contributed by atoms with E-state index in [0.717, 1.165) is 114 Å². The highest BCUT2D eigenvalue weighted by molar-refractivity contribution is 7.47. The Morgan fingerprint density at radius 1 is 0.308 bits per heavy atom. The lowest BCUT2D eigenvalue weighted by Crippen LogP contribution is -2.30. The predicted molar refractivity (Wildman–Crippen MR) is 367 cm³/mol. The summed E-state index contributed by atoms with van der Waals surface area (Å²) in [6.07, 6.45) is 44.9. The first kappa shape index (κ1) is 89.1. The number of ether oxygens (including phenoxy) is 4. The van der Waals surface area contributed by atoms with E-state index in [2.05, 4.69) is 55.4 Å². The van der Waals surface area contributed by atoms with Gasteiger partial charge in [0.2, 0.25) is 0 Å². The third-order valence-electron chi connectivity index (χ3n) is 17.7. The van der Waals surface area contributed by atoms with Gasteiger partial charge in [-0.15, -0.1) is 0 Å². The van der Waals surface area contributed by atoms with Crippen LogP contribution < -0.4 is 0 Å². The van der Waals surface area contributed by atoms with Crippen molar-refractivity contribution in [2.75, 3.05) is 39.6 Å². The van der Waals surface area contributed by atoms with Crippen LogP contribution >= 0.6 is 15.6 Å². The second-order valence-corrected chi connectivity index (χ2v) is 30.1. The Hall–Kier alpha value is -1.94. The normalized spacial score (nSPS) is 15.1. The number of carbonyl (C=O) groups excluding carboxylic acids is 4. The topological polar surface area (TPSA) is 237 Å². The van der Waals surface area contributed by atoms with Crippen molar-refractivity contribution in [2.24, 2.45) is 23.7 Å². The zero-order valence-corrected chi connectivity index (χ0v) is 61.3. The maximum absolute atomic E-state index is 13.0. The van der Waals surface area contributed by atoms with E-state index in [-0.39, 0.29) is 25.7 Å². The summed E-state index contributed by atoms with van der Waals surface area (Å²) in [5.74, 6) is 0.857. The highest BCUT2D eigenvalue weighted by atomic mass is 31.2. The standard InChI is InChI=1S/C72H140O17P2/c1-9-63(6)49-41-33-24-22-20-18-16-14-12-13-15-17-19-21-23-25-36-44-52-69(74)82-58-67(88-71(76)54-46-38-30-27-34-42-50-64(7)10-2)60-86-90(78,79)84-56-66(73)57-85-91(80,81)87-61-68(59-83-70(75)53-45-37-29-26-32-40-48-62(4)5)89-72(77)55-47-39-31-28-35-43-51-65(8)11-3/h62-68,73H,9-61H2,1-8H3,(H,78,79)(H,80,81)/t63?,64?,65?,66-,67-,68-/m1/s1. The molecule has 17 nitrogen and oxygen atoms in total. The molecule has 5 unspecified atom stereocenters. The molecule has 0 bridgehead atoms. The van der Waals surface area contributed by atoms with Crippen molar-refractivity contribution in [1.29, 1.82) is 0 Å². The fourth-order valence-electron chi connectivity index (χ4n) is 10.7. The summed E-state index contributed by atoms with van der Waals surface area (Å²) in [5.41, 5.74) is 0. The molecule has 0 aromatic carbocycles. The maximum atomic E-state index is 13.0. The number of aliphatic hydroxyl groups excluding tert-OH is 1. The molecule has 0 saturated heterocycles. The number of phosphoric ester groups is 2. The molecular weight excluding hydrogens is 1200 g/mol. The molecule has 0 radical (unpaired) electrons. The van der Waals surface area contributed by atoms with Gasteiger partial charge < -0.3 is 33.8 Å². The van der Waals surface area contributed by atoms with Crippen LogP contribution in [0.15, 0.2) is 0 Å². The molecule has 0 heterocycles. The van der Waals surface area contributed by atoms with E-state index in [0.29, 0.717) is 31.6 Å². The molecule has 8 atom stereocenters. The Bertz CT molecular complexity index is 1800. The third kappa shape index (κ3) is 62.6. The van der Waals surface area contributed by atoms with Gasteiger partial charge in [-0.25, -0.2) is 9.13 Å². The van der Waals surface area contributed by atoms with Crippen LogP contribution in [0.1, 0.15) is 357 Å². The summed E-state index contributed by atoms with van der Waals surface area (Å²) >= 11 is 0. The molecule has 3 N–H and O–H groups in total. The number of rotatable bonds is 69. The molecule has 0 aliphatic rings. The Morgan fingerprint density at radius 2 is 0.527 bits per heavy atom. The SMILES string of the molecule is CCC(C)CCCCCCCCCCCCCCCCCCCCC(=O)OC[C@H](COP(=O)(O)OC[C@@H](O)COP(=O)(O)OC[C@@H](COC(=O)CCCCCCCCC(C)C)OC(=O)CCCCCCCCC(C)CC)OC(=O)CCCCCCCCC(C)CC. The van der Waals surface area contributed by atoms with Crippen molar-refractivity contribution in [3.8, 4) is 0 Å². The van der Waals surface area contributed by atoms with Crippen molar-refractivity contribution in [2.45, 2.75) is 375 Å². The van der Waals surface area contributed by atoms with Crippen LogP contribution in [0.3, 0.4) is 0 Å². The van der Waals surface area contributed by atoms with Gasteiger partial charge in [0.1, 0.15) is 19.3 Å². The predicted octanol–water partition coefficient (Wildman–Crippen LogP) is 20.5. The smallest absolute Gasteiger partial charge is 0.462 e. The summed E-state index contributed by atoms with van der Waals surface area (Å²) in [4.78, 5) is 72.5. The van der Waals surface area contributed by atoms with E-state index in [4.69, 9.17) is 37.0 Å². The van der Waals surface area contributed by atoms with E-state index in [1.165, 1.54) is 154 Å². The summed E-state index contributed by atoms with van der Waals surface area (Å²) < 4.78 is 68.2. The maximum Gasteiger partial charge on any atom is 0.472 e. The van der Waals surface area contributed by atoms with Gasteiger partial charge in [-0.3, -0.25) is 37.3 Å². The number of hydrogen-bond acceptors (Lipinski definition) is 15. The molecular formula is C72H140O17P2. The Kier molecular flexibility index (Phi) is 60.3. The summed E-state index contributed by atoms with van der Waals surface area (Å²) in [6, 6.07) is 0. The Balaban J connectivity index is 5.11. The number of aliphatic hydroxyl groups is 1. The number of phosphoric acid groups is 2. The minimum absolute atomic E-state index is 0.101. The minimum atomic E-state index is -4.95. The Morgan fingerprint density at radius 3 is 0.780 bits per heavy atom. The largest absolute Gasteiger partial charge is 0.472 e. The van der Waals surface area contributed by atoms with E-state index in [1.807, 2.05) is 0 Å². The lowest BCUT2D eigenvalue weighted by atomic mass is 9.99. The molecule has 0 aliphatic carbocycles. The first-order chi connectivity index (χ1) is 43.7. The number of carbonyl (C=O) groups is 4. The molecule has 0 fully saturated rings. The van der Waals surface area contributed by atoms with Crippen molar-refractivity contribution in [3.05, 3.63) is 0 Å². The van der Waals surface area contributed by atoms with Gasteiger partial charge in [0, 0.05) is 25.7 Å². The molecule has 0 spiro atoms. The molecule has 0 saturated carbocycles. The van der Waals surface area contributed by atoms with Gasteiger partial charge in [-0.05, 0) is 49.4 Å². The van der Waals surface area contributed by atoms with Gasteiger partial charge in [0.15, 0.2) is 12.2 Å². The van der Waals surface area contributed by atoms with E-state index in [9.17, 15) is 43.2 Å². The Labute approximate surface area is 556 Å². The van der Waals surface area contributed by atoms with Gasteiger partial charge >= 0.3 is 39.5 Å². The molecule has 19 heteroatoms. The average Bonchev–Trinajstić information content (AvgIpc) is 3.03. The zero-order chi connectivity index (χ0) is 67.5.